The number of hydrogen-bond donors (Lipinski definition) is 6. The molecule has 0 heterocycles. The third-order valence-corrected chi connectivity index (χ3v) is 9.54. The van der Waals surface area contributed by atoms with E-state index in [1.54, 1.807) is 71.9 Å². The number of alkyl carbamates (subject to hydrolysis) is 1. The molecule has 0 fully saturated rings. The Labute approximate surface area is 355 Å². The second kappa shape index (κ2) is 21.3. The Morgan fingerprint density at radius 3 is 1.70 bits per heavy atom. The molecule has 16 heteroatoms. The van der Waals surface area contributed by atoms with Gasteiger partial charge in [0.2, 0.25) is 23.6 Å². The molecule has 5 amide bonds. The van der Waals surface area contributed by atoms with Gasteiger partial charge in [0.1, 0.15) is 36.4 Å². The van der Waals surface area contributed by atoms with Crippen LogP contribution in [0.25, 0.3) is 11.1 Å². The van der Waals surface area contributed by atoms with Crippen LogP contribution in [-0.4, -0.2) is 95.4 Å². The van der Waals surface area contributed by atoms with E-state index in [0.29, 0.717) is 5.56 Å². The molecule has 328 valence electrons. The van der Waals surface area contributed by atoms with E-state index < -0.39 is 77.0 Å². The number of hydrogen-bond acceptors (Lipinski definition) is 10. The fourth-order valence-corrected chi connectivity index (χ4v) is 6.64. The predicted molar refractivity (Wildman–Crippen MR) is 225 cm³/mol. The maximum atomic E-state index is 14.1. The van der Waals surface area contributed by atoms with Crippen LogP contribution in [0.2, 0.25) is 0 Å². The summed E-state index contributed by atoms with van der Waals surface area (Å²) in [4.78, 5) is 91.3. The van der Waals surface area contributed by atoms with E-state index in [2.05, 4.69) is 21.3 Å². The number of nitrogens with one attached hydrogen (secondary N) is 4. The number of aliphatic carboxylic acids is 1. The third kappa shape index (κ3) is 15.0. The van der Waals surface area contributed by atoms with Crippen LogP contribution in [0.1, 0.15) is 89.8 Å². The number of nitrogens with two attached hydrogens (primary N) is 1. The average molecular weight is 844 g/mol. The van der Waals surface area contributed by atoms with Crippen molar-refractivity contribution < 1.29 is 52.9 Å². The van der Waals surface area contributed by atoms with Gasteiger partial charge in [-0.1, -0.05) is 78.9 Å². The van der Waals surface area contributed by atoms with Gasteiger partial charge in [0, 0.05) is 25.2 Å². The highest BCUT2D eigenvalue weighted by atomic mass is 16.6. The Morgan fingerprint density at radius 2 is 1.15 bits per heavy atom. The van der Waals surface area contributed by atoms with Gasteiger partial charge in [-0.2, -0.15) is 0 Å². The lowest BCUT2D eigenvalue weighted by Gasteiger charge is -2.28. The monoisotopic (exact) mass is 843 g/mol. The summed E-state index contributed by atoms with van der Waals surface area (Å²) < 4.78 is 16.9. The number of primary amides is 1. The number of amides is 5. The molecule has 7 N–H and O–H groups in total. The Bertz CT molecular complexity index is 2000. The first-order valence-electron chi connectivity index (χ1n) is 20.1. The van der Waals surface area contributed by atoms with Crippen molar-refractivity contribution in [3.8, 4) is 11.1 Å². The molecule has 3 aromatic rings. The number of benzene rings is 3. The van der Waals surface area contributed by atoms with Crippen molar-refractivity contribution in [2.24, 2.45) is 5.73 Å². The summed E-state index contributed by atoms with van der Waals surface area (Å²) >= 11 is 0. The number of esters is 1. The van der Waals surface area contributed by atoms with Gasteiger partial charge < -0.3 is 46.3 Å². The van der Waals surface area contributed by atoms with Crippen molar-refractivity contribution in [2.75, 3.05) is 13.2 Å². The SMILES string of the molecule is CC(C)(C)OCC(NC(=O)OCC1c2ccccc2-c2ccccc21)C(=O)NC(Cc1ccccc1)C(=O)NC(CCC(N)=O)C(=O)NC(CCC(=O)OC(C)(C)C)C(=O)O. The van der Waals surface area contributed by atoms with Gasteiger partial charge in [-0.05, 0) is 82.2 Å². The quantitative estimate of drug-likeness (QED) is 0.0892. The van der Waals surface area contributed by atoms with Gasteiger partial charge >= 0.3 is 18.0 Å². The Balaban J connectivity index is 1.52. The standard InChI is InChI=1S/C45H57N5O11/c1-44(2,3)60-26-36(50-43(58)59-25-32-30-18-12-10-16-28(30)29-17-11-13-19-31(29)32)41(55)49-35(24-27-14-8-7-9-15-27)40(54)47-33(20-22-37(46)51)39(53)48-34(42(56)57)21-23-38(52)61-45(4,5)6/h7-19,32-36H,20-26H2,1-6H3,(H2,46,51)(H,47,54)(H,48,53)(H,49,55)(H,50,58)(H,56,57). The highest BCUT2D eigenvalue weighted by Gasteiger charge is 2.34. The Hall–Kier alpha value is -6.29. The van der Waals surface area contributed by atoms with Gasteiger partial charge in [-0.15, -0.1) is 0 Å². The molecule has 0 aromatic heterocycles. The van der Waals surface area contributed by atoms with Gasteiger partial charge in [0.15, 0.2) is 0 Å². The van der Waals surface area contributed by atoms with E-state index in [1.807, 2.05) is 48.5 Å². The highest BCUT2D eigenvalue weighted by molar-refractivity contribution is 5.95. The third-order valence-electron chi connectivity index (χ3n) is 9.54. The van der Waals surface area contributed by atoms with E-state index in [0.717, 1.165) is 22.3 Å². The van der Waals surface area contributed by atoms with Crippen LogP contribution in [0, 0.1) is 0 Å². The smallest absolute Gasteiger partial charge is 0.407 e. The number of carboxylic acid groups (broad SMARTS) is 1. The molecule has 0 radical (unpaired) electrons. The summed E-state index contributed by atoms with van der Waals surface area (Å²) in [5, 5.41) is 20.0. The van der Waals surface area contributed by atoms with Crippen molar-refractivity contribution in [3.63, 3.8) is 0 Å². The molecule has 61 heavy (non-hydrogen) atoms. The van der Waals surface area contributed by atoms with Gasteiger partial charge in [0.05, 0.1) is 12.2 Å². The largest absolute Gasteiger partial charge is 0.480 e. The van der Waals surface area contributed by atoms with Gasteiger partial charge in [0.25, 0.3) is 0 Å². The van der Waals surface area contributed by atoms with Gasteiger partial charge in [-0.25, -0.2) is 9.59 Å². The molecule has 1 aliphatic carbocycles. The number of carboxylic acids is 1. The van der Waals surface area contributed by atoms with Crippen LogP contribution in [0.5, 0.6) is 0 Å². The molecule has 3 aromatic carbocycles. The van der Waals surface area contributed by atoms with Crippen molar-refractivity contribution >= 4 is 41.7 Å². The number of fused-ring (bicyclic) bond motifs is 3. The first-order chi connectivity index (χ1) is 28.7. The lowest BCUT2D eigenvalue weighted by molar-refractivity contribution is -0.155. The maximum Gasteiger partial charge on any atom is 0.407 e. The van der Waals surface area contributed by atoms with Crippen molar-refractivity contribution in [1.29, 1.82) is 0 Å². The second-order valence-electron chi connectivity index (χ2n) is 16.8. The molecule has 4 unspecified atom stereocenters. The zero-order valence-corrected chi connectivity index (χ0v) is 35.4. The van der Waals surface area contributed by atoms with E-state index >= 15 is 0 Å². The van der Waals surface area contributed by atoms with Crippen LogP contribution in [-0.2, 0) is 49.4 Å². The summed E-state index contributed by atoms with van der Waals surface area (Å²) in [6.07, 6.45) is -2.31. The number of carbonyl (C=O) groups is 7. The van der Waals surface area contributed by atoms with E-state index in [-0.39, 0.29) is 51.2 Å². The molecule has 1 aliphatic rings. The van der Waals surface area contributed by atoms with Crippen molar-refractivity contribution in [2.45, 2.75) is 115 Å². The lowest BCUT2D eigenvalue weighted by Crippen LogP contribution is -2.59. The average Bonchev–Trinajstić information content (AvgIpc) is 3.50. The van der Waals surface area contributed by atoms with Crippen LogP contribution in [0.15, 0.2) is 78.9 Å². The Morgan fingerprint density at radius 1 is 0.639 bits per heavy atom. The second-order valence-corrected chi connectivity index (χ2v) is 16.8. The Kier molecular flexibility index (Phi) is 16.5. The fourth-order valence-electron chi connectivity index (χ4n) is 6.64. The van der Waals surface area contributed by atoms with Crippen LogP contribution < -0.4 is 27.0 Å². The predicted octanol–water partition coefficient (Wildman–Crippen LogP) is 3.88. The molecular weight excluding hydrogens is 787 g/mol. The molecule has 0 bridgehead atoms. The minimum Gasteiger partial charge on any atom is -0.480 e. The summed E-state index contributed by atoms with van der Waals surface area (Å²) in [6.45, 7) is 9.94. The number of ether oxygens (including phenoxy) is 3. The van der Waals surface area contributed by atoms with Crippen molar-refractivity contribution in [1.82, 2.24) is 21.3 Å². The summed E-state index contributed by atoms with van der Waals surface area (Å²) in [7, 11) is 0. The summed E-state index contributed by atoms with van der Waals surface area (Å²) in [6, 6.07) is 18.6. The number of carbonyl (C=O) groups excluding carboxylic acids is 6. The zero-order chi connectivity index (χ0) is 44.9. The first-order valence-corrected chi connectivity index (χ1v) is 20.1. The molecule has 0 saturated carbocycles. The lowest BCUT2D eigenvalue weighted by atomic mass is 9.98. The first kappa shape index (κ1) is 47.4. The topological polar surface area (TPSA) is 242 Å². The number of rotatable bonds is 20. The van der Waals surface area contributed by atoms with E-state index in [9.17, 15) is 38.7 Å². The summed E-state index contributed by atoms with van der Waals surface area (Å²) in [5.41, 5.74) is 8.53. The molecule has 0 aliphatic heterocycles. The van der Waals surface area contributed by atoms with E-state index in [1.165, 1.54) is 0 Å². The van der Waals surface area contributed by atoms with Crippen LogP contribution >= 0.6 is 0 Å². The molecule has 4 atom stereocenters. The van der Waals surface area contributed by atoms with E-state index in [4.69, 9.17) is 19.9 Å². The zero-order valence-electron chi connectivity index (χ0n) is 35.4. The summed E-state index contributed by atoms with van der Waals surface area (Å²) in [5.74, 6) is -5.79. The van der Waals surface area contributed by atoms with Crippen LogP contribution in [0.4, 0.5) is 4.79 Å². The van der Waals surface area contributed by atoms with Crippen LogP contribution in [0.3, 0.4) is 0 Å². The fraction of sp³-hybridized carbons (Fsp3) is 0.444. The molecule has 4 rings (SSSR count). The highest BCUT2D eigenvalue weighted by Crippen LogP contribution is 2.44. The minimum absolute atomic E-state index is 0.0220. The molecular formula is C45H57N5O11. The van der Waals surface area contributed by atoms with Crippen molar-refractivity contribution in [3.05, 3.63) is 95.6 Å². The molecule has 0 saturated heterocycles. The van der Waals surface area contributed by atoms with Gasteiger partial charge in [-0.3, -0.25) is 24.0 Å². The molecule has 0 spiro atoms. The maximum absolute atomic E-state index is 14.1. The minimum atomic E-state index is -1.56. The molecule has 16 nitrogen and oxygen atoms in total. The normalized spacial score (nSPS) is 14.2.